The van der Waals surface area contributed by atoms with Crippen molar-refractivity contribution in [3.63, 3.8) is 0 Å². The van der Waals surface area contributed by atoms with Crippen LogP contribution in [0.15, 0.2) is 47.4 Å². The van der Waals surface area contributed by atoms with Crippen molar-refractivity contribution in [1.29, 1.82) is 0 Å². The number of fused-ring (bicyclic) bond motifs is 2. The molecule has 2 aromatic heterocycles. The zero-order chi connectivity index (χ0) is 22.2. The number of aromatic hydroxyl groups is 1. The highest BCUT2D eigenvalue weighted by Gasteiger charge is 2.33. The number of hydrogen-bond donors (Lipinski definition) is 2. The minimum absolute atomic E-state index is 0.0877. The molecule has 0 spiro atoms. The van der Waals surface area contributed by atoms with Crippen molar-refractivity contribution in [3.8, 4) is 28.1 Å². The molecule has 0 aliphatic carbocycles. The van der Waals surface area contributed by atoms with Crippen molar-refractivity contribution in [2.45, 2.75) is 50.2 Å². The lowest BCUT2D eigenvalue weighted by molar-refractivity contribution is 0.219. The molecule has 3 atom stereocenters. The Morgan fingerprint density at radius 2 is 1.84 bits per heavy atom. The Bertz CT molecular complexity index is 1160. The topological polar surface area (TPSA) is 96.2 Å². The molecule has 2 aliphatic heterocycles. The first kappa shape index (κ1) is 20.6. The number of aromatic nitrogens is 4. The van der Waals surface area contributed by atoms with Gasteiger partial charge in [0.1, 0.15) is 5.75 Å². The van der Waals surface area contributed by atoms with Gasteiger partial charge in [-0.2, -0.15) is 5.10 Å². The van der Waals surface area contributed by atoms with Gasteiger partial charge in [-0.3, -0.25) is 4.79 Å². The standard InChI is InChI=1S/C24H28N6O2/c1-29(19-12-17-4-3-5-18(13-19)26-17)23-9-8-21(27-28-23)20-7-6-15(10-22(20)31)16-11-24(32)30(2)25-14-16/h6-11,14,17-19,26,31H,3-5,12-13H2,1-2H3/t17-,18+,19-. The molecule has 0 amide bonds. The number of piperidine rings is 2. The highest BCUT2D eigenvalue weighted by Crippen LogP contribution is 2.33. The first-order chi connectivity index (χ1) is 15.5. The average Bonchev–Trinajstić information content (AvgIpc) is 2.80. The van der Waals surface area contributed by atoms with Crippen LogP contribution >= 0.6 is 0 Å². The molecule has 8 nitrogen and oxygen atoms in total. The van der Waals surface area contributed by atoms with Crippen molar-refractivity contribution >= 4 is 5.82 Å². The molecule has 2 N–H and O–H groups in total. The van der Waals surface area contributed by atoms with Crippen LogP contribution in [0.25, 0.3) is 22.4 Å². The third-order valence-electron chi connectivity index (χ3n) is 6.82. The number of nitrogens with zero attached hydrogens (tertiary/aromatic N) is 5. The summed E-state index contributed by atoms with van der Waals surface area (Å²) < 4.78 is 1.27. The molecule has 8 heteroatoms. The lowest BCUT2D eigenvalue weighted by Gasteiger charge is -2.43. The summed E-state index contributed by atoms with van der Waals surface area (Å²) in [5, 5.41) is 27.2. The van der Waals surface area contributed by atoms with Crippen LogP contribution in [0.3, 0.4) is 0 Å². The van der Waals surface area contributed by atoms with Crippen molar-refractivity contribution in [3.05, 3.63) is 52.9 Å². The van der Waals surface area contributed by atoms with Crippen LogP contribution in [0.1, 0.15) is 32.1 Å². The van der Waals surface area contributed by atoms with E-state index in [2.05, 4.69) is 32.6 Å². The number of hydrogen-bond acceptors (Lipinski definition) is 7. The molecule has 166 valence electrons. The smallest absolute Gasteiger partial charge is 0.267 e. The Morgan fingerprint density at radius 3 is 2.50 bits per heavy atom. The van der Waals surface area contributed by atoms with Gasteiger partial charge >= 0.3 is 0 Å². The van der Waals surface area contributed by atoms with Gasteiger partial charge in [0.15, 0.2) is 5.82 Å². The first-order valence-corrected chi connectivity index (χ1v) is 11.2. The van der Waals surface area contributed by atoms with Gasteiger partial charge in [-0.15, -0.1) is 10.2 Å². The maximum atomic E-state index is 11.9. The zero-order valence-corrected chi connectivity index (χ0v) is 18.4. The van der Waals surface area contributed by atoms with E-state index in [9.17, 15) is 9.90 Å². The number of phenolic OH excluding ortho intramolecular Hbond substituents is 1. The van der Waals surface area contributed by atoms with Crippen LogP contribution < -0.4 is 15.8 Å². The summed E-state index contributed by atoms with van der Waals surface area (Å²) in [5.41, 5.74) is 2.38. The van der Waals surface area contributed by atoms with E-state index in [1.54, 1.807) is 25.4 Å². The lowest BCUT2D eigenvalue weighted by atomic mass is 9.83. The molecule has 2 bridgehead atoms. The van der Waals surface area contributed by atoms with Crippen LogP contribution in [-0.4, -0.2) is 50.3 Å². The second kappa shape index (κ2) is 8.35. The third kappa shape index (κ3) is 3.98. The number of rotatable bonds is 4. The van der Waals surface area contributed by atoms with E-state index < -0.39 is 0 Å². The fourth-order valence-corrected chi connectivity index (χ4v) is 4.95. The molecule has 4 heterocycles. The predicted molar refractivity (Wildman–Crippen MR) is 124 cm³/mol. The summed E-state index contributed by atoms with van der Waals surface area (Å²) in [6, 6.07) is 12.3. The molecule has 1 aromatic carbocycles. The number of nitrogens with one attached hydrogen (secondary N) is 1. The molecule has 2 aliphatic rings. The molecule has 0 radical (unpaired) electrons. The van der Waals surface area contributed by atoms with Crippen LogP contribution in [0.5, 0.6) is 5.75 Å². The van der Waals surface area contributed by atoms with E-state index in [1.165, 1.54) is 30.0 Å². The zero-order valence-electron chi connectivity index (χ0n) is 18.4. The number of benzene rings is 1. The Morgan fingerprint density at radius 1 is 1.06 bits per heavy atom. The molecule has 32 heavy (non-hydrogen) atoms. The van der Waals surface area contributed by atoms with Crippen molar-refractivity contribution in [2.24, 2.45) is 7.05 Å². The van der Waals surface area contributed by atoms with Gasteiger partial charge in [0, 0.05) is 49.4 Å². The van der Waals surface area contributed by atoms with E-state index in [0.29, 0.717) is 34.9 Å². The summed E-state index contributed by atoms with van der Waals surface area (Å²) >= 11 is 0. The largest absolute Gasteiger partial charge is 0.507 e. The molecule has 3 aromatic rings. The molecule has 0 saturated carbocycles. The lowest BCUT2D eigenvalue weighted by Crippen LogP contribution is -2.54. The maximum Gasteiger partial charge on any atom is 0.267 e. The SMILES string of the molecule is CN(c1ccc(-c2ccc(-c3cnn(C)c(=O)c3)cc2O)nn1)[C@@H]1C[C@H]2CCC[C@@H](C1)N2. The van der Waals surface area contributed by atoms with Crippen molar-refractivity contribution in [2.75, 3.05) is 11.9 Å². The summed E-state index contributed by atoms with van der Waals surface area (Å²) in [4.78, 5) is 14.1. The Balaban J connectivity index is 1.34. The van der Waals surface area contributed by atoms with E-state index in [0.717, 1.165) is 24.2 Å². The number of phenols is 1. The monoisotopic (exact) mass is 432 g/mol. The predicted octanol–water partition coefficient (Wildman–Crippen LogP) is 2.72. The summed E-state index contributed by atoms with van der Waals surface area (Å²) in [7, 11) is 3.70. The van der Waals surface area contributed by atoms with Gasteiger partial charge in [-0.25, -0.2) is 4.68 Å². The van der Waals surface area contributed by atoms with Gasteiger partial charge in [-0.1, -0.05) is 12.5 Å². The van der Waals surface area contributed by atoms with Gasteiger partial charge in [0.2, 0.25) is 0 Å². The maximum absolute atomic E-state index is 11.9. The van der Waals surface area contributed by atoms with Gasteiger partial charge < -0.3 is 15.3 Å². The highest BCUT2D eigenvalue weighted by atomic mass is 16.3. The normalized spacial score (nSPS) is 22.5. The van der Waals surface area contributed by atoms with Crippen LogP contribution in [0.2, 0.25) is 0 Å². The van der Waals surface area contributed by atoms with E-state index in [4.69, 9.17) is 0 Å². The third-order valence-corrected chi connectivity index (χ3v) is 6.82. The molecule has 5 rings (SSSR count). The van der Waals surface area contributed by atoms with Gasteiger partial charge in [0.25, 0.3) is 5.56 Å². The van der Waals surface area contributed by atoms with Crippen LogP contribution in [-0.2, 0) is 7.05 Å². The summed E-state index contributed by atoms with van der Waals surface area (Å²) in [5.74, 6) is 0.936. The Hall–Kier alpha value is -3.26. The van der Waals surface area contributed by atoms with Crippen LogP contribution in [0.4, 0.5) is 5.82 Å². The summed E-state index contributed by atoms with van der Waals surface area (Å²) in [6.07, 6.45) is 7.72. The quantitative estimate of drug-likeness (QED) is 0.654. The molecule has 0 unspecified atom stereocenters. The second-order valence-corrected chi connectivity index (χ2v) is 8.94. The minimum Gasteiger partial charge on any atom is -0.507 e. The Labute approximate surface area is 186 Å². The second-order valence-electron chi connectivity index (χ2n) is 8.94. The van der Waals surface area contributed by atoms with Crippen molar-refractivity contribution in [1.82, 2.24) is 25.3 Å². The van der Waals surface area contributed by atoms with Crippen LogP contribution in [0, 0.1) is 0 Å². The van der Waals surface area contributed by atoms with Crippen molar-refractivity contribution < 1.29 is 5.11 Å². The van der Waals surface area contributed by atoms with Gasteiger partial charge in [0.05, 0.1) is 11.9 Å². The van der Waals surface area contributed by atoms with E-state index in [-0.39, 0.29) is 11.3 Å². The average molecular weight is 433 g/mol. The minimum atomic E-state index is -0.200. The molecule has 2 fully saturated rings. The molecule has 2 saturated heterocycles. The Kier molecular flexibility index (Phi) is 5.38. The van der Waals surface area contributed by atoms with E-state index >= 15 is 0 Å². The highest BCUT2D eigenvalue weighted by molar-refractivity contribution is 5.74. The fraction of sp³-hybridized carbons (Fsp3) is 0.417. The molecular formula is C24H28N6O2. The fourth-order valence-electron chi connectivity index (χ4n) is 4.95. The number of aryl methyl sites for hydroxylation is 1. The van der Waals surface area contributed by atoms with E-state index in [1.807, 2.05) is 18.2 Å². The number of anilines is 1. The first-order valence-electron chi connectivity index (χ1n) is 11.2. The molecular weight excluding hydrogens is 404 g/mol. The van der Waals surface area contributed by atoms with Gasteiger partial charge in [-0.05, 0) is 55.5 Å². The summed E-state index contributed by atoms with van der Waals surface area (Å²) in [6.45, 7) is 0.